The van der Waals surface area contributed by atoms with E-state index in [4.69, 9.17) is 0 Å². The molecule has 1 aliphatic rings. The molecule has 0 aliphatic carbocycles. The topological polar surface area (TPSA) is 28.2 Å². The number of nitrogens with zero attached hydrogens (tertiary/aromatic N) is 2. The van der Waals surface area contributed by atoms with E-state index in [1.807, 2.05) is 12.3 Å². The van der Waals surface area contributed by atoms with Crippen molar-refractivity contribution in [3.63, 3.8) is 0 Å². The fraction of sp³-hybridized carbons (Fsp3) is 0.667. The Morgan fingerprint density at radius 2 is 2.33 bits per heavy atom. The fourth-order valence-corrected chi connectivity index (χ4v) is 2.57. The van der Waals surface area contributed by atoms with Crippen molar-refractivity contribution in [3.05, 3.63) is 30.1 Å². The van der Waals surface area contributed by atoms with Crippen LogP contribution in [0.2, 0.25) is 0 Å². The number of hydrogen-bond acceptors (Lipinski definition) is 3. The number of pyridine rings is 1. The molecule has 0 amide bonds. The average Bonchev–Trinajstić information content (AvgIpc) is 2.78. The molecule has 18 heavy (non-hydrogen) atoms. The molecule has 1 aromatic rings. The Balaban J connectivity index is 1.80. The zero-order chi connectivity index (χ0) is 12.8. The van der Waals surface area contributed by atoms with E-state index >= 15 is 0 Å². The van der Waals surface area contributed by atoms with E-state index in [9.17, 15) is 0 Å². The van der Waals surface area contributed by atoms with Gasteiger partial charge in [0.2, 0.25) is 0 Å². The lowest BCUT2D eigenvalue weighted by atomic mass is 10.2. The first-order valence-corrected chi connectivity index (χ1v) is 7.10. The van der Waals surface area contributed by atoms with E-state index in [0.717, 1.165) is 25.6 Å². The molecule has 0 aromatic carbocycles. The Bertz CT molecular complexity index is 337. The molecule has 0 spiro atoms. The summed E-state index contributed by atoms with van der Waals surface area (Å²) in [5.74, 6) is 0.732. The third-order valence-corrected chi connectivity index (χ3v) is 3.52. The van der Waals surface area contributed by atoms with Gasteiger partial charge in [0.1, 0.15) is 0 Å². The van der Waals surface area contributed by atoms with Gasteiger partial charge >= 0.3 is 0 Å². The van der Waals surface area contributed by atoms with E-state index in [-0.39, 0.29) is 0 Å². The Morgan fingerprint density at radius 1 is 1.44 bits per heavy atom. The second-order valence-corrected chi connectivity index (χ2v) is 5.64. The highest BCUT2D eigenvalue weighted by atomic mass is 15.2. The largest absolute Gasteiger partial charge is 0.315 e. The third-order valence-electron chi connectivity index (χ3n) is 3.52. The summed E-state index contributed by atoms with van der Waals surface area (Å²) in [6, 6.07) is 6.86. The van der Waals surface area contributed by atoms with Crippen LogP contribution in [0.4, 0.5) is 0 Å². The van der Waals surface area contributed by atoms with Crippen LogP contribution in [0.3, 0.4) is 0 Å². The predicted octanol–water partition coefficient (Wildman–Crippen LogP) is 2.29. The molecule has 3 heteroatoms. The van der Waals surface area contributed by atoms with Crippen LogP contribution >= 0.6 is 0 Å². The van der Waals surface area contributed by atoms with Crippen molar-refractivity contribution in [2.75, 3.05) is 19.6 Å². The SMILES string of the molecule is CC(C)CNCC1CCCN1Cc1ccccn1. The van der Waals surface area contributed by atoms with Crippen LogP contribution in [0, 0.1) is 5.92 Å². The second-order valence-electron chi connectivity index (χ2n) is 5.64. The lowest BCUT2D eigenvalue weighted by Crippen LogP contribution is -2.38. The average molecular weight is 247 g/mol. The van der Waals surface area contributed by atoms with Crippen molar-refractivity contribution >= 4 is 0 Å². The minimum absolute atomic E-state index is 0.686. The van der Waals surface area contributed by atoms with Crippen molar-refractivity contribution in [2.24, 2.45) is 5.92 Å². The molecular weight excluding hydrogens is 222 g/mol. The highest BCUT2D eigenvalue weighted by Gasteiger charge is 2.24. The van der Waals surface area contributed by atoms with Crippen LogP contribution in [0.25, 0.3) is 0 Å². The number of likely N-dealkylation sites (tertiary alicyclic amines) is 1. The first kappa shape index (κ1) is 13.5. The van der Waals surface area contributed by atoms with E-state index in [1.54, 1.807) is 0 Å². The minimum atomic E-state index is 0.686. The highest BCUT2D eigenvalue weighted by Crippen LogP contribution is 2.18. The van der Waals surface area contributed by atoms with Crippen LogP contribution in [0.1, 0.15) is 32.4 Å². The maximum absolute atomic E-state index is 4.42. The molecule has 1 fully saturated rings. The summed E-state index contributed by atoms with van der Waals surface area (Å²) >= 11 is 0. The first-order valence-electron chi connectivity index (χ1n) is 7.10. The van der Waals surface area contributed by atoms with E-state index < -0.39 is 0 Å². The molecule has 1 atom stereocenters. The van der Waals surface area contributed by atoms with Crippen LogP contribution in [-0.4, -0.2) is 35.6 Å². The van der Waals surface area contributed by atoms with Gasteiger partial charge in [-0.3, -0.25) is 9.88 Å². The van der Waals surface area contributed by atoms with Crippen LogP contribution in [0.5, 0.6) is 0 Å². The van der Waals surface area contributed by atoms with Gasteiger partial charge in [-0.15, -0.1) is 0 Å². The summed E-state index contributed by atoms with van der Waals surface area (Å²) in [7, 11) is 0. The van der Waals surface area contributed by atoms with Gasteiger partial charge in [0.25, 0.3) is 0 Å². The molecule has 1 N–H and O–H groups in total. The van der Waals surface area contributed by atoms with Gasteiger partial charge in [-0.1, -0.05) is 19.9 Å². The number of aromatic nitrogens is 1. The molecule has 0 saturated carbocycles. The Morgan fingerprint density at radius 3 is 3.06 bits per heavy atom. The quantitative estimate of drug-likeness (QED) is 0.836. The van der Waals surface area contributed by atoms with Gasteiger partial charge in [0.05, 0.1) is 5.69 Å². The van der Waals surface area contributed by atoms with Crippen molar-refractivity contribution in [2.45, 2.75) is 39.3 Å². The summed E-state index contributed by atoms with van der Waals surface area (Å²) < 4.78 is 0. The van der Waals surface area contributed by atoms with Crippen molar-refractivity contribution in [3.8, 4) is 0 Å². The van der Waals surface area contributed by atoms with Crippen LogP contribution < -0.4 is 5.32 Å². The molecular formula is C15H25N3. The summed E-state index contributed by atoms with van der Waals surface area (Å²) in [6.07, 6.45) is 4.52. The summed E-state index contributed by atoms with van der Waals surface area (Å²) in [4.78, 5) is 6.99. The minimum Gasteiger partial charge on any atom is -0.315 e. The van der Waals surface area contributed by atoms with E-state index in [0.29, 0.717) is 6.04 Å². The van der Waals surface area contributed by atoms with Crippen molar-refractivity contribution < 1.29 is 0 Å². The monoisotopic (exact) mass is 247 g/mol. The second kappa shape index (κ2) is 6.86. The number of hydrogen-bond donors (Lipinski definition) is 1. The van der Waals surface area contributed by atoms with Gasteiger partial charge in [0.15, 0.2) is 0 Å². The molecule has 0 radical (unpaired) electrons. The van der Waals surface area contributed by atoms with Gasteiger partial charge in [-0.25, -0.2) is 0 Å². The van der Waals surface area contributed by atoms with Crippen molar-refractivity contribution in [1.82, 2.24) is 15.2 Å². The standard InChI is InChI=1S/C15H25N3/c1-13(2)10-16-11-15-7-5-9-18(15)12-14-6-3-4-8-17-14/h3-4,6,8,13,15-16H,5,7,9-12H2,1-2H3. The molecule has 1 saturated heterocycles. The fourth-order valence-electron chi connectivity index (χ4n) is 2.57. The Hall–Kier alpha value is -0.930. The van der Waals surface area contributed by atoms with Crippen LogP contribution in [-0.2, 0) is 6.54 Å². The zero-order valence-corrected chi connectivity index (χ0v) is 11.6. The normalized spacial score (nSPS) is 20.7. The molecule has 1 aromatic heterocycles. The third kappa shape index (κ3) is 4.07. The summed E-state index contributed by atoms with van der Waals surface area (Å²) in [5, 5.41) is 3.58. The smallest absolute Gasteiger partial charge is 0.0544 e. The molecule has 2 rings (SSSR count). The van der Waals surface area contributed by atoms with Gasteiger partial charge in [0, 0.05) is 25.3 Å². The van der Waals surface area contributed by atoms with Gasteiger partial charge in [-0.2, -0.15) is 0 Å². The lowest BCUT2D eigenvalue weighted by molar-refractivity contribution is 0.235. The lowest BCUT2D eigenvalue weighted by Gasteiger charge is -2.24. The van der Waals surface area contributed by atoms with Crippen LogP contribution in [0.15, 0.2) is 24.4 Å². The first-order chi connectivity index (χ1) is 8.75. The predicted molar refractivity (Wildman–Crippen MR) is 75.4 cm³/mol. The van der Waals surface area contributed by atoms with E-state index in [1.165, 1.54) is 25.1 Å². The molecule has 1 aliphatic heterocycles. The molecule has 2 heterocycles. The Labute approximate surface area is 111 Å². The number of rotatable bonds is 6. The molecule has 3 nitrogen and oxygen atoms in total. The highest BCUT2D eigenvalue weighted by molar-refractivity contribution is 5.04. The van der Waals surface area contributed by atoms with Crippen molar-refractivity contribution in [1.29, 1.82) is 0 Å². The molecule has 0 bridgehead atoms. The molecule has 100 valence electrons. The summed E-state index contributed by atoms with van der Waals surface area (Å²) in [6.45, 7) is 8.96. The zero-order valence-electron chi connectivity index (χ0n) is 11.6. The summed E-state index contributed by atoms with van der Waals surface area (Å²) in [5.41, 5.74) is 1.19. The van der Waals surface area contributed by atoms with Gasteiger partial charge in [-0.05, 0) is 44.0 Å². The maximum Gasteiger partial charge on any atom is 0.0544 e. The maximum atomic E-state index is 4.42. The van der Waals surface area contributed by atoms with E-state index in [2.05, 4.69) is 41.2 Å². The van der Waals surface area contributed by atoms with Gasteiger partial charge < -0.3 is 5.32 Å². The Kier molecular flexibility index (Phi) is 5.14. The number of nitrogens with one attached hydrogen (secondary N) is 1. The molecule has 1 unspecified atom stereocenters.